The first-order chi connectivity index (χ1) is 10.9. The minimum atomic E-state index is -0.0900. The molecule has 0 radical (unpaired) electrons. The van der Waals surface area contributed by atoms with E-state index < -0.39 is 0 Å². The van der Waals surface area contributed by atoms with Crippen LogP contribution in [0.2, 0.25) is 5.02 Å². The van der Waals surface area contributed by atoms with Gasteiger partial charge in [0.15, 0.2) is 0 Å². The summed E-state index contributed by atoms with van der Waals surface area (Å²) in [5.41, 5.74) is 1.01. The Morgan fingerprint density at radius 1 is 1.30 bits per heavy atom. The third-order valence-corrected chi connectivity index (χ3v) is 4.54. The molecule has 1 aliphatic rings. The molecule has 1 N–H and O–H groups in total. The van der Waals surface area contributed by atoms with Gasteiger partial charge in [-0.3, -0.25) is 9.59 Å². The van der Waals surface area contributed by atoms with E-state index in [1.165, 1.54) is 0 Å². The quantitative estimate of drug-likeness (QED) is 0.842. The van der Waals surface area contributed by atoms with E-state index in [4.69, 9.17) is 11.6 Å². The van der Waals surface area contributed by atoms with E-state index in [0.717, 1.165) is 19.3 Å². The molecule has 0 fully saturated rings. The minimum absolute atomic E-state index is 0.0336. The van der Waals surface area contributed by atoms with Gasteiger partial charge in [-0.2, -0.15) is 0 Å². The largest absolute Gasteiger partial charge is 0.339 e. The fourth-order valence-corrected chi connectivity index (χ4v) is 2.62. The number of nitrogens with one attached hydrogen (secondary N) is 1. The van der Waals surface area contributed by atoms with E-state index in [1.54, 1.807) is 30.1 Å². The van der Waals surface area contributed by atoms with Crippen LogP contribution < -0.4 is 5.32 Å². The van der Waals surface area contributed by atoms with Crippen LogP contribution in [-0.2, 0) is 4.79 Å². The van der Waals surface area contributed by atoms with Gasteiger partial charge in [-0.05, 0) is 51.3 Å². The lowest BCUT2D eigenvalue weighted by molar-refractivity contribution is -0.120. The first-order valence-corrected chi connectivity index (χ1v) is 8.30. The summed E-state index contributed by atoms with van der Waals surface area (Å²) < 4.78 is 0. The lowest BCUT2D eigenvalue weighted by Gasteiger charge is -2.22. The summed E-state index contributed by atoms with van der Waals surface area (Å²) in [5.74, 6) is -0.167. The number of carbonyl (C=O) groups is 2. The maximum Gasteiger partial charge on any atom is 0.253 e. The number of nitrogens with zero attached hydrogens (tertiary/aromatic N) is 1. The number of anilines is 1. The number of benzene rings is 1. The first kappa shape index (κ1) is 17.5. The van der Waals surface area contributed by atoms with Crippen LogP contribution in [0.4, 0.5) is 5.69 Å². The van der Waals surface area contributed by atoms with Crippen molar-refractivity contribution in [2.45, 2.75) is 39.2 Å². The molecular formula is C18H23ClN2O2. The molecule has 0 unspecified atom stereocenters. The standard InChI is InChI=1S/C18H23ClN2O2/c1-12(2)21(3)18(23)14-9-10-15(19)16(11-14)20-17(22)13-7-5-4-6-8-13/h4-5,9-13H,6-8H2,1-3H3,(H,20,22)/t13-/m0/s1. The van der Waals surface area contributed by atoms with Crippen molar-refractivity contribution in [2.24, 2.45) is 5.92 Å². The van der Waals surface area contributed by atoms with E-state index in [9.17, 15) is 9.59 Å². The SMILES string of the molecule is CC(C)N(C)C(=O)c1ccc(Cl)c(NC(=O)[C@H]2CC=CCC2)c1. The summed E-state index contributed by atoms with van der Waals surface area (Å²) in [7, 11) is 1.76. The molecule has 23 heavy (non-hydrogen) atoms. The molecule has 0 aliphatic heterocycles. The van der Waals surface area contributed by atoms with Crippen molar-refractivity contribution in [2.75, 3.05) is 12.4 Å². The van der Waals surface area contributed by atoms with E-state index in [1.807, 2.05) is 19.9 Å². The molecule has 0 saturated heterocycles. The van der Waals surface area contributed by atoms with Gasteiger partial charge in [0.2, 0.25) is 5.91 Å². The third kappa shape index (κ3) is 4.35. The fourth-order valence-electron chi connectivity index (χ4n) is 2.46. The van der Waals surface area contributed by atoms with Gasteiger partial charge in [0.1, 0.15) is 0 Å². The average Bonchev–Trinajstić information content (AvgIpc) is 2.56. The molecule has 0 saturated carbocycles. The maximum absolute atomic E-state index is 12.4. The lowest BCUT2D eigenvalue weighted by atomic mass is 9.93. The Balaban J connectivity index is 2.15. The molecule has 1 aromatic rings. The van der Waals surface area contributed by atoms with Gasteiger partial charge in [0, 0.05) is 24.6 Å². The predicted octanol–water partition coefficient (Wildman–Crippen LogP) is 4.12. The van der Waals surface area contributed by atoms with Crippen molar-refractivity contribution in [1.29, 1.82) is 0 Å². The Bertz CT molecular complexity index is 625. The third-order valence-electron chi connectivity index (χ3n) is 4.21. The van der Waals surface area contributed by atoms with Crippen molar-refractivity contribution in [1.82, 2.24) is 4.90 Å². The second-order valence-corrected chi connectivity index (χ2v) is 6.58. The van der Waals surface area contributed by atoms with Crippen LogP contribution in [0.25, 0.3) is 0 Å². The Morgan fingerprint density at radius 3 is 2.65 bits per heavy atom. The number of carbonyl (C=O) groups excluding carboxylic acids is 2. The summed E-state index contributed by atoms with van der Waals surface area (Å²) >= 11 is 6.17. The van der Waals surface area contributed by atoms with Gasteiger partial charge < -0.3 is 10.2 Å². The molecule has 0 bridgehead atoms. The van der Waals surface area contributed by atoms with Gasteiger partial charge in [-0.25, -0.2) is 0 Å². The molecular weight excluding hydrogens is 312 g/mol. The van der Waals surface area contributed by atoms with Crippen molar-refractivity contribution in [3.63, 3.8) is 0 Å². The zero-order valence-electron chi connectivity index (χ0n) is 13.8. The van der Waals surface area contributed by atoms with Crippen LogP contribution in [0, 0.1) is 5.92 Å². The fraction of sp³-hybridized carbons (Fsp3) is 0.444. The molecule has 0 spiro atoms. The van der Waals surface area contributed by atoms with Crippen molar-refractivity contribution >= 4 is 29.1 Å². The Labute approximate surface area is 142 Å². The van der Waals surface area contributed by atoms with Gasteiger partial charge in [0.25, 0.3) is 5.91 Å². The number of allylic oxidation sites excluding steroid dienone is 2. The maximum atomic E-state index is 12.4. The Kier molecular flexibility index (Phi) is 5.83. The normalized spacial score (nSPS) is 17.2. The second-order valence-electron chi connectivity index (χ2n) is 6.18. The molecule has 0 heterocycles. The number of rotatable bonds is 4. The van der Waals surface area contributed by atoms with Gasteiger partial charge in [0.05, 0.1) is 10.7 Å². The van der Waals surface area contributed by atoms with E-state index >= 15 is 0 Å². The van der Waals surface area contributed by atoms with Crippen LogP contribution in [0.5, 0.6) is 0 Å². The first-order valence-electron chi connectivity index (χ1n) is 7.92. The highest BCUT2D eigenvalue weighted by atomic mass is 35.5. The van der Waals surface area contributed by atoms with Crippen LogP contribution in [-0.4, -0.2) is 29.8 Å². The highest BCUT2D eigenvalue weighted by Crippen LogP contribution is 2.26. The Hall–Kier alpha value is -1.81. The second kappa shape index (κ2) is 7.64. The summed E-state index contributed by atoms with van der Waals surface area (Å²) in [6.45, 7) is 3.90. The van der Waals surface area contributed by atoms with E-state index in [-0.39, 0.29) is 23.8 Å². The Morgan fingerprint density at radius 2 is 2.04 bits per heavy atom. The average molecular weight is 335 g/mol. The predicted molar refractivity (Wildman–Crippen MR) is 93.8 cm³/mol. The van der Waals surface area contributed by atoms with Crippen LogP contribution in [0.15, 0.2) is 30.4 Å². The van der Waals surface area contributed by atoms with Crippen LogP contribution in [0.3, 0.4) is 0 Å². The monoisotopic (exact) mass is 334 g/mol. The highest BCUT2D eigenvalue weighted by Gasteiger charge is 2.21. The van der Waals surface area contributed by atoms with Crippen molar-refractivity contribution < 1.29 is 9.59 Å². The summed E-state index contributed by atoms with van der Waals surface area (Å²) in [6, 6.07) is 5.09. The smallest absolute Gasteiger partial charge is 0.253 e. The molecule has 0 aromatic heterocycles. The van der Waals surface area contributed by atoms with Crippen molar-refractivity contribution in [3.05, 3.63) is 40.9 Å². The number of amides is 2. The molecule has 1 aliphatic carbocycles. The minimum Gasteiger partial charge on any atom is -0.339 e. The molecule has 124 valence electrons. The van der Waals surface area contributed by atoms with Gasteiger partial charge in [-0.15, -0.1) is 0 Å². The lowest BCUT2D eigenvalue weighted by Crippen LogP contribution is -2.33. The molecule has 2 rings (SSSR count). The van der Waals surface area contributed by atoms with Crippen LogP contribution in [0.1, 0.15) is 43.5 Å². The zero-order chi connectivity index (χ0) is 17.0. The van der Waals surface area contributed by atoms with Crippen LogP contribution >= 0.6 is 11.6 Å². The summed E-state index contributed by atoms with van der Waals surface area (Å²) in [5, 5.41) is 3.31. The molecule has 4 nitrogen and oxygen atoms in total. The van der Waals surface area contributed by atoms with Gasteiger partial charge >= 0.3 is 0 Å². The van der Waals surface area contributed by atoms with Crippen molar-refractivity contribution in [3.8, 4) is 0 Å². The summed E-state index contributed by atoms with van der Waals surface area (Å²) in [4.78, 5) is 26.4. The summed E-state index contributed by atoms with van der Waals surface area (Å²) in [6.07, 6.45) is 6.64. The number of hydrogen-bond donors (Lipinski definition) is 1. The number of halogens is 1. The molecule has 1 atom stereocenters. The highest BCUT2D eigenvalue weighted by molar-refractivity contribution is 6.33. The zero-order valence-corrected chi connectivity index (χ0v) is 14.6. The topological polar surface area (TPSA) is 49.4 Å². The van der Waals surface area contributed by atoms with E-state index in [0.29, 0.717) is 16.3 Å². The molecule has 1 aromatic carbocycles. The van der Waals surface area contributed by atoms with E-state index in [2.05, 4.69) is 11.4 Å². The molecule has 5 heteroatoms. The number of hydrogen-bond acceptors (Lipinski definition) is 2. The molecule has 2 amide bonds. The van der Waals surface area contributed by atoms with Gasteiger partial charge in [-0.1, -0.05) is 23.8 Å².